The molecule has 4 N–H and O–H groups in total. The maximum atomic E-state index is 12.4. The van der Waals surface area contributed by atoms with Crippen molar-refractivity contribution < 1.29 is 48.2 Å². The zero-order valence-corrected chi connectivity index (χ0v) is 35.5. The van der Waals surface area contributed by atoms with Crippen LogP contribution in [0.2, 0.25) is 0 Å². The van der Waals surface area contributed by atoms with E-state index in [0.717, 1.165) is 57.8 Å². The fourth-order valence-corrected chi connectivity index (χ4v) is 6.88. The van der Waals surface area contributed by atoms with Crippen LogP contribution in [0, 0.1) is 0 Å². The second kappa shape index (κ2) is 38.6. The molecule has 10 nitrogen and oxygen atoms in total. The summed E-state index contributed by atoms with van der Waals surface area (Å²) in [6.45, 7) is 3.52. The molecule has 0 unspecified atom stereocenters. The summed E-state index contributed by atoms with van der Waals surface area (Å²) in [5.41, 5.74) is 0. The Morgan fingerprint density at radius 3 is 1.44 bits per heavy atom. The minimum atomic E-state index is -4.79. The highest BCUT2D eigenvalue weighted by Gasteiger charge is 2.23. The van der Waals surface area contributed by atoms with Crippen LogP contribution in [0.1, 0.15) is 219 Å². The molecular formula is C43H83O10P. The summed E-state index contributed by atoms with van der Waals surface area (Å²) < 4.78 is 26.3. The molecular weight excluding hydrogens is 707 g/mol. The van der Waals surface area contributed by atoms with Crippen LogP contribution < -0.4 is 0 Å². The third kappa shape index (κ3) is 39.0. The number of unbranched alkanes of at least 4 members (excludes halogenated alkanes) is 25. The zero-order chi connectivity index (χ0) is 40.0. The summed E-state index contributed by atoms with van der Waals surface area (Å²) in [5, 5.41) is 20.4. The van der Waals surface area contributed by atoms with Crippen molar-refractivity contribution in [3.63, 3.8) is 0 Å². The first-order valence-electron chi connectivity index (χ1n) is 22.1. The predicted molar refractivity (Wildman–Crippen MR) is 219 cm³/mol. The van der Waals surface area contributed by atoms with Crippen LogP contribution >= 0.6 is 7.82 Å². The third-order valence-corrected chi connectivity index (χ3v) is 10.5. The van der Waals surface area contributed by atoms with Gasteiger partial charge >= 0.3 is 19.8 Å². The molecule has 0 bridgehead atoms. The topological polar surface area (TPSA) is 160 Å². The lowest BCUT2D eigenvalue weighted by Crippen LogP contribution is -2.29. The highest BCUT2D eigenvalue weighted by atomic mass is 31.2. The fraction of sp³-hybridized carbons (Fsp3) is 0.907. The van der Waals surface area contributed by atoms with Gasteiger partial charge in [0.05, 0.1) is 18.8 Å². The summed E-state index contributed by atoms with van der Waals surface area (Å²) in [6, 6.07) is 0. The number of aliphatic hydroxyl groups is 2. The van der Waals surface area contributed by atoms with Crippen LogP contribution in [-0.4, -0.2) is 63.5 Å². The van der Waals surface area contributed by atoms with Gasteiger partial charge in [0.15, 0.2) is 6.10 Å². The lowest BCUT2D eigenvalue weighted by atomic mass is 10.0. The molecule has 0 radical (unpaired) electrons. The van der Waals surface area contributed by atoms with Gasteiger partial charge < -0.3 is 29.5 Å². The molecule has 0 aliphatic heterocycles. The number of phosphoric ester groups is 1. The van der Waals surface area contributed by atoms with Crippen molar-refractivity contribution in [3.8, 4) is 0 Å². The Kier molecular flexibility index (Phi) is 37.7. The average Bonchev–Trinajstić information content (AvgIpc) is 3.14. The van der Waals surface area contributed by atoms with Gasteiger partial charge in [-0.1, -0.05) is 180 Å². The largest absolute Gasteiger partial charge is 0.469 e. The van der Waals surface area contributed by atoms with Crippen molar-refractivity contribution in [1.82, 2.24) is 0 Å². The van der Waals surface area contributed by atoms with Gasteiger partial charge in [-0.25, -0.2) is 4.57 Å². The van der Waals surface area contributed by atoms with Crippen molar-refractivity contribution >= 4 is 19.8 Å². The molecule has 0 heterocycles. The van der Waals surface area contributed by atoms with E-state index in [2.05, 4.69) is 24.4 Å². The molecule has 0 aliphatic rings. The molecule has 0 saturated carbocycles. The van der Waals surface area contributed by atoms with E-state index in [9.17, 15) is 24.4 Å². The molecule has 3 atom stereocenters. The second-order valence-corrected chi connectivity index (χ2v) is 16.6. The van der Waals surface area contributed by atoms with E-state index < -0.39 is 44.7 Å². The van der Waals surface area contributed by atoms with Crippen LogP contribution in [0.25, 0.3) is 0 Å². The quantitative estimate of drug-likeness (QED) is 0.0203. The third-order valence-electron chi connectivity index (χ3n) is 9.98. The molecule has 54 heavy (non-hydrogen) atoms. The normalized spacial score (nSPS) is 13.7. The Morgan fingerprint density at radius 2 is 0.963 bits per heavy atom. The molecule has 0 fully saturated rings. The Bertz CT molecular complexity index is 924. The fourth-order valence-electron chi connectivity index (χ4n) is 6.52. The smallest absolute Gasteiger partial charge is 0.462 e. The van der Waals surface area contributed by atoms with Crippen LogP contribution in [0.15, 0.2) is 12.2 Å². The van der Waals surface area contributed by atoms with Crippen molar-refractivity contribution in [2.24, 2.45) is 0 Å². The number of carbonyl (C=O) groups excluding carboxylic acids is 2. The Hall–Kier alpha value is -1.29. The summed E-state index contributed by atoms with van der Waals surface area (Å²) >= 11 is 0. The summed E-state index contributed by atoms with van der Waals surface area (Å²) in [7, 11) is -4.79. The first kappa shape index (κ1) is 52.7. The number of hydrogen-bond donors (Lipinski definition) is 4. The number of rotatable bonds is 41. The van der Waals surface area contributed by atoms with E-state index in [-0.39, 0.29) is 19.4 Å². The van der Waals surface area contributed by atoms with E-state index in [1.165, 1.54) is 109 Å². The van der Waals surface area contributed by atoms with Gasteiger partial charge in [0.2, 0.25) is 0 Å². The van der Waals surface area contributed by atoms with Gasteiger partial charge in [-0.05, 0) is 38.5 Å². The van der Waals surface area contributed by atoms with E-state index in [0.29, 0.717) is 25.7 Å². The SMILES string of the molecule is CCCCC/C=C\C[C@H](O)[C@@H](O)CCCCCCCC(=O)O[C@H](COC(=O)CCCCCCCCCCCCCCCCCCCCC)COP(=O)(O)O. The van der Waals surface area contributed by atoms with Gasteiger partial charge in [0.1, 0.15) is 6.61 Å². The van der Waals surface area contributed by atoms with E-state index in [1.807, 2.05) is 6.08 Å². The molecule has 11 heteroatoms. The van der Waals surface area contributed by atoms with Crippen LogP contribution in [0.4, 0.5) is 0 Å². The van der Waals surface area contributed by atoms with Gasteiger partial charge in [-0.15, -0.1) is 0 Å². The zero-order valence-electron chi connectivity index (χ0n) is 34.6. The minimum Gasteiger partial charge on any atom is -0.462 e. The predicted octanol–water partition coefficient (Wildman–Crippen LogP) is 11.4. The lowest BCUT2D eigenvalue weighted by molar-refractivity contribution is -0.161. The van der Waals surface area contributed by atoms with Gasteiger partial charge in [0, 0.05) is 12.8 Å². The number of hydrogen-bond acceptors (Lipinski definition) is 8. The molecule has 0 saturated heterocycles. The standard InChI is InChI=1S/C43H83O10P/c1-3-5-7-9-11-12-13-14-15-16-17-18-19-20-21-22-23-27-31-35-42(46)51-37-39(38-52-54(48,49)50)53-43(47)36-32-28-24-26-30-34-41(45)40(44)33-29-25-10-8-6-4-2/h25,29,39-41,44-45H,3-24,26-28,30-38H2,1-2H3,(H2,48,49,50)/b29-25-/t39-,40+,41+/m1/s1. The number of ether oxygens (including phenoxy) is 2. The summed E-state index contributed by atoms with van der Waals surface area (Å²) in [4.78, 5) is 42.9. The molecule has 0 aromatic heterocycles. The molecule has 0 aliphatic carbocycles. The molecule has 0 aromatic rings. The number of esters is 2. The maximum absolute atomic E-state index is 12.4. The lowest BCUT2D eigenvalue weighted by Gasteiger charge is -2.18. The second-order valence-electron chi connectivity index (χ2n) is 15.3. The van der Waals surface area contributed by atoms with Crippen molar-refractivity contribution in [3.05, 3.63) is 12.2 Å². The van der Waals surface area contributed by atoms with Gasteiger partial charge in [-0.3, -0.25) is 14.1 Å². The molecule has 0 spiro atoms. The molecule has 320 valence electrons. The first-order chi connectivity index (χ1) is 26.1. The van der Waals surface area contributed by atoms with E-state index in [4.69, 9.17) is 19.3 Å². The van der Waals surface area contributed by atoms with Gasteiger partial charge in [0.25, 0.3) is 0 Å². The Labute approximate surface area is 330 Å². The average molecular weight is 791 g/mol. The Morgan fingerprint density at radius 1 is 0.537 bits per heavy atom. The van der Waals surface area contributed by atoms with Crippen molar-refractivity contribution in [2.75, 3.05) is 13.2 Å². The van der Waals surface area contributed by atoms with Crippen molar-refractivity contribution in [1.29, 1.82) is 0 Å². The highest BCUT2D eigenvalue weighted by molar-refractivity contribution is 7.46. The highest BCUT2D eigenvalue weighted by Crippen LogP contribution is 2.36. The van der Waals surface area contributed by atoms with E-state index in [1.54, 1.807) is 0 Å². The minimum absolute atomic E-state index is 0.117. The molecule has 0 aromatic carbocycles. The number of allylic oxidation sites excluding steroid dienone is 1. The first-order valence-corrected chi connectivity index (χ1v) is 23.7. The molecule has 0 amide bonds. The van der Waals surface area contributed by atoms with Crippen LogP contribution in [-0.2, 0) is 28.2 Å². The number of phosphoric acid groups is 1. The maximum Gasteiger partial charge on any atom is 0.469 e. The van der Waals surface area contributed by atoms with Gasteiger partial charge in [-0.2, -0.15) is 0 Å². The summed E-state index contributed by atoms with van der Waals surface area (Å²) in [5.74, 6) is -0.985. The van der Waals surface area contributed by atoms with Crippen LogP contribution in [0.5, 0.6) is 0 Å². The van der Waals surface area contributed by atoms with Crippen molar-refractivity contribution in [2.45, 2.75) is 238 Å². The molecule has 0 rings (SSSR count). The van der Waals surface area contributed by atoms with E-state index >= 15 is 0 Å². The monoisotopic (exact) mass is 791 g/mol. The summed E-state index contributed by atoms with van der Waals surface area (Å²) in [6.07, 6.45) is 35.3. The van der Waals surface area contributed by atoms with Crippen LogP contribution in [0.3, 0.4) is 0 Å². The Balaban J connectivity index is 3.96. The number of carbonyl (C=O) groups is 2. The number of aliphatic hydroxyl groups excluding tert-OH is 2.